The van der Waals surface area contributed by atoms with Gasteiger partial charge in [0.1, 0.15) is 5.70 Å². The maximum absolute atomic E-state index is 13.4. The third kappa shape index (κ3) is 3.70. The highest BCUT2D eigenvalue weighted by Crippen LogP contribution is 2.48. The third-order valence-electron chi connectivity index (χ3n) is 7.34. The van der Waals surface area contributed by atoms with Crippen LogP contribution < -0.4 is 5.56 Å². The van der Waals surface area contributed by atoms with E-state index in [0.29, 0.717) is 17.4 Å². The quantitative estimate of drug-likeness (QED) is 0.375. The molecule has 0 bridgehead atoms. The van der Waals surface area contributed by atoms with E-state index in [1.807, 2.05) is 49.4 Å². The fourth-order valence-corrected chi connectivity index (χ4v) is 6.61. The molecule has 0 saturated carbocycles. The van der Waals surface area contributed by atoms with Gasteiger partial charge < -0.3 is 19.8 Å². The summed E-state index contributed by atoms with van der Waals surface area (Å²) in [4.78, 5) is 40.3. The molecule has 1 aromatic heterocycles. The van der Waals surface area contributed by atoms with Crippen LogP contribution in [0.15, 0.2) is 58.5 Å². The first kappa shape index (κ1) is 24.4. The molecule has 3 heterocycles. The van der Waals surface area contributed by atoms with Gasteiger partial charge in [-0.05, 0) is 47.7 Å². The molecule has 1 saturated heterocycles. The van der Waals surface area contributed by atoms with E-state index in [0.717, 1.165) is 21.4 Å². The van der Waals surface area contributed by atoms with Gasteiger partial charge in [0.05, 0.1) is 41.8 Å². The normalized spacial score (nSPS) is 22.1. The minimum atomic E-state index is -0.840. The number of ether oxygens (including phenoxy) is 1. The van der Waals surface area contributed by atoms with Crippen molar-refractivity contribution in [3.05, 3.63) is 69.7 Å². The Labute approximate surface area is 212 Å². The van der Waals surface area contributed by atoms with Crippen molar-refractivity contribution >= 4 is 33.5 Å². The van der Waals surface area contributed by atoms with E-state index in [1.54, 1.807) is 10.9 Å². The number of amides is 1. The lowest BCUT2D eigenvalue weighted by Crippen LogP contribution is -2.63. The Hall–Kier alpha value is -3.27. The van der Waals surface area contributed by atoms with Gasteiger partial charge in [-0.1, -0.05) is 48.8 Å². The number of aromatic nitrogens is 1. The van der Waals surface area contributed by atoms with E-state index in [4.69, 9.17) is 4.74 Å². The molecule has 0 aliphatic carbocycles. The Balaban J connectivity index is 1.59. The number of β-lactam (4-membered cyclic amide) rings is 1. The zero-order chi connectivity index (χ0) is 25.7. The smallest absolute Gasteiger partial charge is 0.354 e. The number of rotatable bonds is 7. The number of nitrogens with zero attached hydrogens (tertiary/aromatic N) is 2. The largest absolute Gasteiger partial charge is 0.464 e. The van der Waals surface area contributed by atoms with Gasteiger partial charge in [0.15, 0.2) is 0 Å². The molecule has 0 spiro atoms. The summed E-state index contributed by atoms with van der Waals surface area (Å²) < 4.78 is 7.38. The van der Waals surface area contributed by atoms with Gasteiger partial charge in [-0.2, -0.15) is 0 Å². The van der Waals surface area contributed by atoms with Crippen molar-refractivity contribution in [1.29, 1.82) is 0 Å². The van der Waals surface area contributed by atoms with E-state index in [1.165, 1.54) is 23.5 Å². The Morgan fingerprint density at radius 1 is 1.19 bits per heavy atom. The summed E-state index contributed by atoms with van der Waals surface area (Å²) in [6, 6.07) is 13.3. The predicted octanol–water partition coefficient (Wildman–Crippen LogP) is 2.55. The molecule has 4 atom stereocenters. The third-order valence-corrected chi connectivity index (χ3v) is 8.39. The van der Waals surface area contributed by atoms with Crippen molar-refractivity contribution in [3.8, 4) is 11.1 Å². The molecule has 36 heavy (non-hydrogen) atoms. The molecule has 2 aliphatic rings. The minimum Gasteiger partial charge on any atom is -0.464 e. The van der Waals surface area contributed by atoms with Crippen molar-refractivity contribution in [2.75, 3.05) is 13.7 Å². The van der Waals surface area contributed by atoms with E-state index in [-0.39, 0.29) is 42.3 Å². The molecular weight excluding hydrogens is 480 g/mol. The van der Waals surface area contributed by atoms with Crippen LogP contribution in [0.5, 0.6) is 0 Å². The van der Waals surface area contributed by atoms with Gasteiger partial charge in [-0.25, -0.2) is 4.79 Å². The first-order valence-electron chi connectivity index (χ1n) is 11.9. The monoisotopic (exact) mass is 508 g/mol. The van der Waals surface area contributed by atoms with Gasteiger partial charge >= 0.3 is 5.97 Å². The van der Waals surface area contributed by atoms with Gasteiger partial charge in [-0.3, -0.25) is 13.5 Å². The number of esters is 1. The fraction of sp³-hybridized carbons (Fsp3) is 0.370. The maximum atomic E-state index is 13.4. The number of aliphatic hydroxyl groups is 2. The Morgan fingerprint density at radius 3 is 2.56 bits per heavy atom. The lowest BCUT2D eigenvalue weighted by atomic mass is 9.78. The molecular formula is C27H28N2O6S. The highest BCUT2D eigenvalue weighted by molar-refractivity contribution is 7.13. The molecule has 2 N–H and O–H groups in total. The number of hydrogen-bond donors (Lipinski definition) is 2. The van der Waals surface area contributed by atoms with Crippen LogP contribution in [0.1, 0.15) is 19.4 Å². The second-order valence-electron chi connectivity index (χ2n) is 9.40. The molecule has 0 radical (unpaired) electrons. The molecule has 9 heteroatoms. The van der Waals surface area contributed by atoms with Crippen molar-refractivity contribution in [3.63, 3.8) is 0 Å². The lowest BCUT2D eigenvalue weighted by molar-refractivity contribution is -0.163. The second kappa shape index (κ2) is 9.31. The number of carbonyl (C=O) groups is 2. The second-order valence-corrected chi connectivity index (χ2v) is 10.5. The van der Waals surface area contributed by atoms with Crippen LogP contribution in [0.4, 0.5) is 0 Å². The Kier molecular flexibility index (Phi) is 6.32. The molecule has 1 unspecified atom stereocenters. The zero-order valence-corrected chi connectivity index (χ0v) is 21.1. The van der Waals surface area contributed by atoms with Crippen LogP contribution >= 0.6 is 11.5 Å². The van der Waals surface area contributed by atoms with E-state index in [9.17, 15) is 24.6 Å². The zero-order valence-electron chi connectivity index (χ0n) is 20.3. The molecule has 3 aromatic rings. The summed E-state index contributed by atoms with van der Waals surface area (Å²) in [5.41, 5.74) is 3.48. The highest BCUT2D eigenvalue weighted by Gasteiger charge is 2.59. The van der Waals surface area contributed by atoms with Crippen LogP contribution in [0, 0.1) is 11.8 Å². The summed E-state index contributed by atoms with van der Waals surface area (Å²) in [5, 5.41) is 20.3. The number of hydrogen-bond acceptors (Lipinski definition) is 7. The summed E-state index contributed by atoms with van der Waals surface area (Å²) in [7, 11) is 1.26. The average Bonchev–Trinajstić information content (AvgIpc) is 3.30. The van der Waals surface area contributed by atoms with Gasteiger partial charge in [0.2, 0.25) is 5.91 Å². The van der Waals surface area contributed by atoms with Crippen LogP contribution in [0.3, 0.4) is 0 Å². The van der Waals surface area contributed by atoms with Crippen molar-refractivity contribution in [2.45, 2.75) is 39.0 Å². The molecule has 1 amide bonds. The number of benzene rings is 2. The van der Waals surface area contributed by atoms with Gasteiger partial charge in [-0.15, -0.1) is 0 Å². The number of carbonyl (C=O) groups excluding carboxylic acids is 2. The van der Waals surface area contributed by atoms with Gasteiger partial charge in [0, 0.05) is 12.5 Å². The number of aliphatic hydroxyl groups excluding tert-OH is 2. The topological polar surface area (TPSA) is 109 Å². The van der Waals surface area contributed by atoms with E-state index >= 15 is 0 Å². The maximum Gasteiger partial charge on any atom is 0.354 e. The van der Waals surface area contributed by atoms with Crippen molar-refractivity contribution < 1.29 is 24.5 Å². The molecule has 8 nitrogen and oxygen atoms in total. The molecule has 2 aliphatic heterocycles. The van der Waals surface area contributed by atoms with Crippen LogP contribution in [0.2, 0.25) is 0 Å². The first-order chi connectivity index (χ1) is 17.3. The van der Waals surface area contributed by atoms with Crippen molar-refractivity contribution in [2.24, 2.45) is 11.8 Å². The SMILES string of the molecule is COC(=O)C1=C(Cn2sc3cc(-c4ccccc4)c(CCO)cc3c2=O)[C@H](C)C2[C@@H]([C@@H](C)O)C(=O)N12. The predicted molar refractivity (Wildman–Crippen MR) is 136 cm³/mol. The molecule has 188 valence electrons. The van der Waals surface area contributed by atoms with Gasteiger partial charge in [0.25, 0.3) is 5.56 Å². The summed E-state index contributed by atoms with van der Waals surface area (Å²) in [5.74, 6) is -1.74. The Morgan fingerprint density at radius 2 is 1.92 bits per heavy atom. The molecule has 1 fully saturated rings. The first-order valence-corrected chi connectivity index (χ1v) is 12.7. The summed E-state index contributed by atoms with van der Waals surface area (Å²) in [6.07, 6.45) is -0.420. The number of fused-ring (bicyclic) bond motifs is 2. The summed E-state index contributed by atoms with van der Waals surface area (Å²) in [6.45, 7) is 3.60. The molecule has 5 rings (SSSR count). The summed E-state index contributed by atoms with van der Waals surface area (Å²) >= 11 is 1.30. The lowest BCUT2D eigenvalue weighted by Gasteiger charge is -2.46. The van der Waals surface area contributed by atoms with Crippen LogP contribution in [-0.4, -0.2) is 56.8 Å². The standard InChI is InChI=1S/C27H28N2O6S/c1-14-20(24(27(34)35-3)29-23(14)22(15(2)31)26(29)33)13-28-25(32)19-11-17(9-10-30)18(12-21(19)36-28)16-7-5-4-6-8-16/h4-8,11-12,14-15,22-23,30-31H,9-10,13H2,1-3H3/t14-,15+,22+,23?/m0/s1. The van der Waals surface area contributed by atoms with Crippen molar-refractivity contribution in [1.82, 2.24) is 8.86 Å². The minimum absolute atomic E-state index is 0.0355. The molecule has 2 aromatic carbocycles. The van der Waals surface area contributed by atoms with E-state index < -0.39 is 18.0 Å². The Bertz CT molecular complexity index is 1440. The van der Waals surface area contributed by atoms with Crippen LogP contribution in [-0.2, 0) is 27.3 Å². The number of methoxy groups -OCH3 is 1. The fourth-order valence-electron chi connectivity index (χ4n) is 5.57. The van der Waals surface area contributed by atoms with Crippen LogP contribution in [0.25, 0.3) is 21.2 Å². The highest BCUT2D eigenvalue weighted by atomic mass is 32.1. The van der Waals surface area contributed by atoms with E-state index in [2.05, 4.69) is 0 Å². The average molecular weight is 509 g/mol.